The van der Waals surface area contributed by atoms with E-state index in [9.17, 15) is 0 Å². The van der Waals surface area contributed by atoms with Crippen LogP contribution >= 0.6 is 11.6 Å². The molecule has 1 heterocycles. The van der Waals surface area contributed by atoms with Gasteiger partial charge in [-0.25, -0.2) is 4.98 Å². The lowest BCUT2D eigenvalue weighted by molar-refractivity contribution is 0.349. The van der Waals surface area contributed by atoms with Crippen molar-refractivity contribution in [2.24, 2.45) is 7.05 Å². The standard InChI is InChI=1S/C17H31ClN2/c1-5-7-9-11-13-17(3,12-10-8-6-2)15-14-19-16(18)20(15)4/h14H,5-13H2,1-4H3. The number of imidazole rings is 1. The normalized spacial score (nSPS) is 14.4. The van der Waals surface area contributed by atoms with E-state index in [0.717, 1.165) is 0 Å². The topological polar surface area (TPSA) is 17.8 Å². The third-order valence-corrected chi connectivity index (χ3v) is 4.82. The first kappa shape index (κ1) is 17.6. The highest BCUT2D eigenvalue weighted by Gasteiger charge is 2.29. The number of hydrogen-bond acceptors (Lipinski definition) is 1. The molecule has 1 aromatic rings. The lowest BCUT2D eigenvalue weighted by Crippen LogP contribution is -2.25. The molecule has 20 heavy (non-hydrogen) atoms. The fraction of sp³-hybridized carbons (Fsp3) is 0.824. The molecular formula is C17H31ClN2. The maximum atomic E-state index is 6.13. The maximum Gasteiger partial charge on any atom is 0.202 e. The zero-order valence-corrected chi connectivity index (χ0v) is 14.5. The van der Waals surface area contributed by atoms with Gasteiger partial charge in [0, 0.05) is 18.2 Å². The Bertz CT molecular complexity index is 386. The van der Waals surface area contributed by atoms with Gasteiger partial charge in [-0.2, -0.15) is 0 Å². The molecule has 0 spiro atoms. The second-order valence-corrected chi connectivity index (χ2v) is 6.64. The first-order valence-electron chi connectivity index (χ1n) is 8.23. The molecule has 1 atom stereocenters. The van der Waals surface area contributed by atoms with Gasteiger partial charge in [0.2, 0.25) is 5.28 Å². The van der Waals surface area contributed by atoms with Crippen LogP contribution in [0.2, 0.25) is 5.28 Å². The van der Waals surface area contributed by atoms with E-state index < -0.39 is 0 Å². The Morgan fingerprint density at radius 3 is 2.10 bits per heavy atom. The van der Waals surface area contributed by atoms with E-state index in [0.29, 0.717) is 5.28 Å². The molecule has 0 aromatic carbocycles. The average Bonchev–Trinajstić information content (AvgIpc) is 2.76. The van der Waals surface area contributed by atoms with Crippen molar-refractivity contribution in [3.63, 3.8) is 0 Å². The van der Waals surface area contributed by atoms with Gasteiger partial charge in [0.1, 0.15) is 0 Å². The summed E-state index contributed by atoms with van der Waals surface area (Å²) in [5, 5.41) is 0.607. The number of hydrogen-bond donors (Lipinski definition) is 0. The molecule has 0 aliphatic carbocycles. The summed E-state index contributed by atoms with van der Waals surface area (Å²) < 4.78 is 2.06. The number of aromatic nitrogens is 2. The Labute approximate surface area is 129 Å². The van der Waals surface area contributed by atoms with E-state index in [-0.39, 0.29) is 5.41 Å². The second kappa shape index (κ2) is 8.71. The molecule has 2 nitrogen and oxygen atoms in total. The van der Waals surface area contributed by atoms with Gasteiger partial charge in [-0.3, -0.25) is 0 Å². The van der Waals surface area contributed by atoms with Gasteiger partial charge in [-0.15, -0.1) is 0 Å². The molecule has 0 aliphatic heterocycles. The van der Waals surface area contributed by atoms with Crippen molar-refractivity contribution < 1.29 is 0 Å². The summed E-state index contributed by atoms with van der Waals surface area (Å²) in [6.07, 6.45) is 13.6. The molecule has 0 fully saturated rings. The summed E-state index contributed by atoms with van der Waals surface area (Å²) in [7, 11) is 2.04. The average molecular weight is 299 g/mol. The van der Waals surface area contributed by atoms with Gasteiger partial charge < -0.3 is 4.57 Å². The quantitative estimate of drug-likeness (QED) is 0.493. The lowest BCUT2D eigenvalue weighted by Gasteiger charge is -2.30. The van der Waals surface area contributed by atoms with Crippen LogP contribution in [0.3, 0.4) is 0 Å². The zero-order valence-electron chi connectivity index (χ0n) is 13.7. The van der Waals surface area contributed by atoms with Gasteiger partial charge in [0.05, 0.1) is 6.20 Å². The van der Waals surface area contributed by atoms with Crippen LogP contribution < -0.4 is 0 Å². The molecule has 0 amide bonds. The van der Waals surface area contributed by atoms with Crippen LogP contribution in [-0.4, -0.2) is 9.55 Å². The number of unbranched alkanes of at least 4 members (excludes halogenated alkanes) is 5. The molecular weight excluding hydrogens is 268 g/mol. The molecule has 1 aromatic heterocycles. The molecule has 0 saturated heterocycles. The Kier molecular flexibility index (Phi) is 7.65. The van der Waals surface area contributed by atoms with Crippen LogP contribution in [0.1, 0.15) is 84.3 Å². The molecule has 0 bridgehead atoms. The Hall–Kier alpha value is -0.500. The molecule has 1 rings (SSSR count). The summed E-state index contributed by atoms with van der Waals surface area (Å²) in [6.45, 7) is 6.92. The van der Waals surface area contributed by atoms with Crippen LogP contribution in [0.25, 0.3) is 0 Å². The van der Waals surface area contributed by atoms with Crippen molar-refractivity contribution in [2.45, 2.75) is 84.0 Å². The first-order chi connectivity index (χ1) is 9.55. The molecule has 0 radical (unpaired) electrons. The second-order valence-electron chi connectivity index (χ2n) is 6.30. The molecule has 0 N–H and O–H groups in total. The van der Waals surface area contributed by atoms with Crippen molar-refractivity contribution in [1.82, 2.24) is 9.55 Å². The highest BCUT2D eigenvalue weighted by atomic mass is 35.5. The first-order valence-corrected chi connectivity index (χ1v) is 8.60. The third-order valence-electron chi connectivity index (χ3n) is 4.46. The van der Waals surface area contributed by atoms with Crippen LogP contribution in [0.15, 0.2) is 6.20 Å². The number of nitrogens with zero attached hydrogens (tertiary/aromatic N) is 2. The monoisotopic (exact) mass is 298 g/mol. The SMILES string of the molecule is CCCCCCC(C)(CCCCC)c1cnc(Cl)n1C. The minimum atomic E-state index is 0.220. The number of rotatable bonds is 10. The number of halogens is 1. The Balaban J connectivity index is 2.74. The highest BCUT2D eigenvalue weighted by molar-refractivity contribution is 6.28. The minimum absolute atomic E-state index is 0.220. The minimum Gasteiger partial charge on any atom is -0.321 e. The van der Waals surface area contributed by atoms with Crippen LogP contribution in [0, 0.1) is 0 Å². The molecule has 0 saturated carbocycles. The van der Waals surface area contributed by atoms with Crippen LogP contribution in [-0.2, 0) is 12.5 Å². The predicted octanol–water partition coefficient (Wildman–Crippen LogP) is 5.88. The summed E-state index contributed by atoms with van der Waals surface area (Å²) in [5.74, 6) is 0. The van der Waals surface area contributed by atoms with Crippen LogP contribution in [0.4, 0.5) is 0 Å². The third kappa shape index (κ3) is 4.80. The predicted molar refractivity (Wildman–Crippen MR) is 88.5 cm³/mol. The van der Waals surface area contributed by atoms with Gasteiger partial charge in [0.25, 0.3) is 0 Å². The molecule has 1 unspecified atom stereocenters. The van der Waals surface area contributed by atoms with Crippen molar-refractivity contribution >= 4 is 11.6 Å². The van der Waals surface area contributed by atoms with Gasteiger partial charge >= 0.3 is 0 Å². The van der Waals surface area contributed by atoms with Gasteiger partial charge in [0.15, 0.2) is 0 Å². The van der Waals surface area contributed by atoms with E-state index in [1.54, 1.807) is 0 Å². The van der Waals surface area contributed by atoms with E-state index >= 15 is 0 Å². The van der Waals surface area contributed by atoms with Crippen LogP contribution in [0.5, 0.6) is 0 Å². The Morgan fingerprint density at radius 1 is 1.05 bits per heavy atom. The van der Waals surface area contributed by atoms with Crippen molar-refractivity contribution in [3.8, 4) is 0 Å². The molecule has 0 aliphatic rings. The van der Waals surface area contributed by atoms with Crippen molar-refractivity contribution in [2.75, 3.05) is 0 Å². The summed E-state index contributed by atoms with van der Waals surface area (Å²) in [6, 6.07) is 0. The largest absolute Gasteiger partial charge is 0.321 e. The molecule has 3 heteroatoms. The van der Waals surface area contributed by atoms with E-state index in [1.165, 1.54) is 63.5 Å². The van der Waals surface area contributed by atoms with Gasteiger partial charge in [-0.05, 0) is 24.4 Å². The van der Waals surface area contributed by atoms with E-state index in [2.05, 4.69) is 30.3 Å². The Morgan fingerprint density at radius 2 is 1.60 bits per heavy atom. The van der Waals surface area contributed by atoms with Gasteiger partial charge in [-0.1, -0.05) is 65.7 Å². The van der Waals surface area contributed by atoms with Crippen molar-refractivity contribution in [1.29, 1.82) is 0 Å². The molecule has 116 valence electrons. The van der Waals surface area contributed by atoms with Crippen molar-refractivity contribution in [3.05, 3.63) is 17.2 Å². The van der Waals surface area contributed by atoms with E-state index in [4.69, 9.17) is 11.6 Å². The highest BCUT2D eigenvalue weighted by Crippen LogP contribution is 2.36. The smallest absolute Gasteiger partial charge is 0.202 e. The summed E-state index contributed by atoms with van der Waals surface area (Å²) in [4.78, 5) is 4.28. The summed E-state index contributed by atoms with van der Waals surface area (Å²) in [5.41, 5.74) is 1.52. The lowest BCUT2D eigenvalue weighted by atomic mass is 9.77. The fourth-order valence-corrected chi connectivity index (χ4v) is 3.18. The fourth-order valence-electron chi connectivity index (χ4n) is 3.04. The zero-order chi connectivity index (χ0) is 15.0. The van der Waals surface area contributed by atoms with E-state index in [1.807, 2.05) is 13.2 Å². The maximum absolute atomic E-state index is 6.13. The summed E-state index contributed by atoms with van der Waals surface area (Å²) >= 11 is 6.13.